The highest BCUT2D eigenvalue weighted by Gasteiger charge is 2.20. The summed E-state index contributed by atoms with van der Waals surface area (Å²) in [6.45, 7) is 4.25. The number of nitrogens with one attached hydrogen (secondary N) is 1. The van der Waals surface area contributed by atoms with Crippen LogP contribution in [0.3, 0.4) is 0 Å². The topological polar surface area (TPSA) is 58.1 Å². The third kappa shape index (κ3) is 6.38. The zero-order valence-electron chi connectivity index (χ0n) is 12.0. The average Bonchev–Trinajstić information content (AvgIpc) is 3.01. The van der Waals surface area contributed by atoms with Crippen molar-refractivity contribution in [3.8, 4) is 0 Å². The molecule has 1 atom stereocenters. The fourth-order valence-corrected chi connectivity index (χ4v) is 2.07. The zero-order chi connectivity index (χ0) is 14.1. The van der Waals surface area contributed by atoms with E-state index in [4.69, 9.17) is 5.11 Å². The Morgan fingerprint density at radius 2 is 2.32 bits per heavy atom. The van der Waals surface area contributed by atoms with Crippen molar-refractivity contribution in [3.05, 3.63) is 18.7 Å². The highest BCUT2D eigenvalue weighted by atomic mass is 16.4. The Morgan fingerprint density at radius 3 is 2.74 bits per heavy atom. The molecular formula is C14H26N3O2+. The van der Waals surface area contributed by atoms with Gasteiger partial charge in [0.25, 0.3) is 0 Å². The first kappa shape index (κ1) is 15.7. The van der Waals surface area contributed by atoms with Gasteiger partial charge in [0.15, 0.2) is 0 Å². The minimum Gasteiger partial charge on any atom is -0.480 e. The summed E-state index contributed by atoms with van der Waals surface area (Å²) in [6.07, 6.45) is 12.0. The quantitative estimate of drug-likeness (QED) is 0.625. The molecule has 2 rings (SSSR count). The van der Waals surface area contributed by atoms with E-state index < -0.39 is 5.97 Å². The predicted molar refractivity (Wildman–Crippen MR) is 73.8 cm³/mol. The number of carboxylic acid groups (broad SMARTS) is 1. The normalized spacial score (nSPS) is 17.9. The molecule has 1 aliphatic heterocycles. The van der Waals surface area contributed by atoms with Crippen LogP contribution in [0.25, 0.3) is 0 Å². The van der Waals surface area contributed by atoms with Gasteiger partial charge in [0.05, 0.1) is 13.6 Å². The van der Waals surface area contributed by atoms with E-state index in [1.165, 1.54) is 19.3 Å². The van der Waals surface area contributed by atoms with Gasteiger partial charge in [-0.3, -0.25) is 4.79 Å². The Labute approximate surface area is 115 Å². The van der Waals surface area contributed by atoms with Crippen molar-refractivity contribution in [2.45, 2.75) is 51.6 Å². The number of hydrogen-bond donors (Lipinski definition) is 2. The maximum Gasteiger partial charge on any atom is 0.320 e. The molecule has 1 aromatic rings. The van der Waals surface area contributed by atoms with Gasteiger partial charge < -0.3 is 10.4 Å². The van der Waals surface area contributed by atoms with E-state index in [1.54, 1.807) is 0 Å². The molecule has 0 saturated carbocycles. The van der Waals surface area contributed by atoms with Gasteiger partial charge in [0.1, 0.15) is 18.4 Å². The van der Waals surface area contributed by atoms with Crippen molar-refractivity contribution < 1.29 is 14.5 Å². The largest absolute Gasteiger partial charge is 0.480 e. The highest BCUT2D eigenvalue weighted by molar-refractivity contribution is 5.73. The van der Waals surface area contributed by atoms with E-state index in [0.29, 0.717) is 0 Å². The Hall–Kier alpha value is -1.36. The van der Waals surface area contributed by atoms with Crippen molar-refractivity contribution in [3.63, 3.8) is 0 Å². The van der Waals surface area contributed by atoms with Crippen molar-refractivity contribution in [1.29, 1.82) is 0 Å². The second kappa shape index (κ2) is 8.69. The molecule has 1 saturated heterocycles. The number of imidazole rings is 1. The molecule has 2 N–H and O–H groups in total. The van der Waals surface area contributed by atoms with E-state index in [0.717, 1.165) is 25.9 Å². The van der Waals surface area contributed by atoms with Gasteiger partial charge in [-0.1, -0.05) is 13.3 Å². The van der Waals surface area contributed by atoms with Crippen molar-refractivity contribution >= 4 is 5.97 Å². The van der Waals surface area contributed by atoms with Crippen LogP contribution >= 0.6 is 0 Å². The Bertz CT molecular complexity index is 371. The Morgan fingerprint density at radius 1 is 1.53 bits per heavy atom. The van der Waals surface area contributed by atoms with Gasteiger partial charge in [-0.25, -0.2) is 9.13 Å². The van der Waals surface area contributed by atoms with E-state index in [2.05, 4.69) is 47.1 Å². The first-order valence-corrected chi connectivity index (χ1v) is 7.10. The van der Waals surface area contributed by atoms with Gasteiger partial charge in [-0.05, 0) is 32.2 Å². The van der Waals surface area contributed by atoms with Crippen LogP contribution in [0.2, 0.25) is 0 Å². The number of rotatable bonds is 5. The summed E-state index contributed by atoms with van der Waals surface area (Å²) in [5.74, 6) is -0.720. The second-order valence-electron chi connectivity index (χ2n) is 5.01. The summed E-state index contributed by atoms with van der Waals surface area (Å²) < 4.78 is 4.31. The fraction of sp³-hybridized carbons (Fsp3) is 0.714. The first-order valence-electron chi connectivity index (χ1n) is 7.10. The van der Waals surface area contributed by atoms with Gasteiger partial charge >= 0.3 is 5.97 Å². The van der Waals surface area contributed by atoms with Crippen LogP contribution in [0.4, 0.5) is 0 Å². The molecule has 0 unspecified atom stereocenters. The molecule has 0 amide bonds. The molecule has 108 valence electrons. The minimum absolute atomic E-state index is 0.269. The molecule has 1 aliphatic rings. The van der Waals surface area contributed by atoms with E-state index in [9.17, 15) is 4.79 Å². The molecule has 5 nitrogen and oxygen atoms in total. The molecule has 1 fully saturated rings. The summed E-state index contributed by atoms with van der Waals surface area (Å²) in [5, 5.41) is 11.2. The monoisotopic (exact) mass is 268 g/mol. The van der Waals surface area contributed by atoms with Gasteiger partial charge in [0.2, 0.25) is 6.33 Å². The summed E-state index contributed by atoms with van der Waals surface area (Å²) in [7, 11) is 2.05. The zero-order valence-corrected chi connectivity index (χ0v) is 12.0. The second-order valence-corrected chi connectivity index (χ2v) is 5.01. The molecule has 0 bridgehead atoms. The van der Waals surface area contributed by atoms with Crippen LogP contribution in [0.1, 0.15) is 39.0 Å². The Kier molecular flexibility index (Phi) is 7.18. The summed E-state index contributed by atoms with van der Waals surface area (Å²) in [6, 6.07) is -0.269. The van der Waals surface area contributed by atoms with Crippen LogP contribution < -0.4 is 9.88 Å². The maximum absolute atomic E-state index is 10.1. The van der Waals surface area contributed by atoms with E-state index >= 15 is 0 Å². The van der Waals surface area contributed by atoms with Crippen LogP contribution in [0.5, 0.6) is 0 Å². The lowest BCUT2D eigenvalue weighted by Crippen LogP contribution is -2.29. The fourth-order valence-electron chi connectivity index (χ4n) is 2.07. The number of nitrogens with zero attached hydrogens (tertiary/aromatic N) is 2. The first-order chi connectivity index (χ1) is 9.13. The molecule has 0 spiro atoms. The lowest BCUT2D eigenvalue weighted by Gasteiger charge is -1.99. The van der Waals surface area contributed by atoms with Crippen molar-refractivity contribution in [1.82, 2.24) is 9.88 Å². The number of unbranched alkanes of at least 4 members (excludes halogenated alkanes) is 2. The summed E-state index contributed by atoms with van der Waals surface area (Å²) in [5.41, 5.74) is 0. The van der Waals surface area contributed by atoms with Crippen LogP contribution in [-0.2, 0) is 18.4 Å². The molecule has 2 heterocycles. The molecule has 1 aromatic heterocycles. The number of aromatic nitrogens is 2. The molecular weight excluding hydrogens is 242 g/mol. The molecule has 19 heavy (non-hydrogen) atoms. The van der Waals surface area contributed by atoms with Gasteiger partial charge in [-0.2, -0.15) is 0 Å². The number of carboxylic acids is 1. The molecule has 0 aliphatic carbocycles. The smallest absolute Gasteiger partial charge is 0.320 e. The minimum atomic E-state index is -0.720. The SMILES string of the molecule is CCCCCn1cc[n+](C)c1.O=C(O)[C@@H]1CCCN1. The highest BCUT2D eigenvalue weighted by Crippen LogP contribution is 2.03. The summed E-state index contributed by atoms with van der Waals surface area (Å²) in [4.78, 5) is 10.1. The predicted octanol–water partition coefficient (Wildman–Crippen LogP) is 1.33. The van der Waals surface area contributed by atoms with Gasteiger partial charge in [-0.15, -0.1) is 0 Å². The lowest BCUT2D eigenvalue weighted by molar-refractivity contribution is -0.671. The van der Waals surface area contributed by atoms with Crippen LogP contribution in [-0.4, -0.2) is 28.2 Å². The number of carbonyl (C=O) groups is 1. The molecule has 5 heteroatoms. The standard InChI is InChI=1S/C9H17N2.C5H9NO2/c1-3-4-5-6-11-8-7-10(2)9-11;7-5(8)4-2-1-3-6-4/h7-9H,3-6H2,1-2H3;4,6H,1-3H2,(H,7,8)/q+1;/t;4-/m.0/s1. The van der Waals surface area contributed by atoms with Crippen LogP contribution in [0.15, 0.2) is 18.7 Å². The van der Waals surface area contributed by atoms with E-state index in [-0.39, 0.29) is 6.04 Å². The maximum atomic E-state index is 10.1. The third-order valence-corrected chi connectivity index (χ3v) is 3.20. The number of hydrogen-bond acceptors (Lipinski definition) is 2. The van der Waals surface area contributed by atoms with Crippen LogP contribution in [0, 0.1) is 0 Å². The average molecular weight is 268 g/mol. The molecule has 0 radical (unpaired) electrons. The summed E-state index contributed by atoms with van der Waals surface area (Å²) >= 11 is 0. The van der Waals surface area contributed by atoms with Crippen molar-refractivity contribution in [2.75, 3.05) is 6.54 Å². The lowest BCUT2D eigenvalue weighted by atomic mass is 10.2. The number of aryl methyl sites for hydroxylation is 2. The van der Waals surface area contributed by atoms with Gasteiger partial charge in [0, 0.05) is 0 Å². The number of aliphatic carboxylic acids is 1. The molecule has 0 aromatic carbocycles. The third-order valence-electron chi connectivity index (χ3n) is 3.20. The van der Waals surface area contributed by atoms with E-state index in [1.807, 2.05) is 0 Å². The van der Waals surface area contributed by atoms with Crippen molar-refractivity contribution in [2.24, 2.45) is 7.05 Å². The Balaban J connectivity index is 0.000000200.